The number of ether oxygens (including phenoxy) is 1. The van der Waals surface area contributed by atoms with Crippen LogP contribution in [0.15, 0.2) is 18.3 Å². The SMILES string of the molecule is COC(=O)c1cccnc1N(C)C(C)=O. The minimum Gasteiger partial charge on any atom is -0.465 e. The van der Waals surface area contributed by atoms with E-state index in [-0.39, 0.29) is 11.5 Å². The molecular weight excluding hydrogens is 196 g/mol. The van der Waals surface area contributed by atoms with Gasteiger partial charge in [-0.05, 0) is 12.1 Å². The number of nitrogens with zero attached hydrogens (tertiary/aromatic N) is 2. The number of pyridine rings is 1. The Balaban J connectivity index is 3.17. The van der Waals surface area contributed by atoms with E-state index in [0.29, 0.717) is 5.82 Å². The fourth-order valence-corrected chi connectivity index (χ4v) is 1.08. The van der Waals surface area contributed by atoms with Crippen molar-refractivity contribution >= 4 is 17.7 Å². The third kappa shape index (κ3) is 2.31. The lowest BCUT2D eigenvalue weighted by Crippen LogP contribution is -2.26. The van der Waals surface area contributed by atoms with Crippen molar-refractivity contribution < 1.29 is 14.3 Å². The minimum atomic E-state index is -0.508. The number of aromatic nitrogens is 1. The first kappa shape index (κ1) is 11.2. The molecule has 0 saturated carbocycles. The van der Waals surface area contributed by atoms with Gasteiger partial charge in [-0.1, -0.05) is 0 Å². The number of amides is 1. The van der Waals surface area contributed by atoms with Crippen molar-refractivity contribution in [3.63, 3.8) is 0 Å². The van der Waals surface area contributed by atoms with Gasteiger partial charge in [0, 0.05) is 20.2 Å². The topological polar surface area (TPSA) is 59.5 Å². The Bertz CT molecular complexity index is 390. The predicted molar refractivity (Wildman–Crippen MR) is 54.7 cm³/mol. The van der Waals surface area contributed by atoms with Gasteiger partial charge < -0.3 is 4.74 Å². The van der Waals surface area contributed by atoms with E-state index in [1.807, 2.05) is 0 Å². The predicted octanol–water partition coefficient (Wildman–Crippen LogP) is 0.851. The molecule has 0 N–H and O–H groups in total. The molecule has 0 aliphatic heterocycles. The van der Waals surface area contributed by atoms with Gasteiger partial charge in [0.25, 0.3) is 0 Å². The number of hydrogen-bond donors (Lipinski definition) is 0. The Labute approximate surface area is 87.7 Å². The molecule has 0 aliphatic carbocycles. The number of rotatable bonds is 2. The number of anilines is 1. The summed E-state index contributed by atoms with van der Waals surface area (Å²) in [6.07, 6.45) is 1.52. The molecule has 80 valence electrons. The molecule has 0 bridgehead atoms. The quantitative estimate of drug-likeness (QED) is 0.676. The van der Waals surface area contributed by atoms with E-state index >= 15 is 0 Å². The van der Waals surface area contributed by atoms with Crippen molar-refractivity contribution in [1.29, 1.82) is 0 Å². The second-order valence-electron chi connectivity index (χ2n) is 2.94. The Hall–Kier alpha value is -1.91. The van der Waals surface area contributed by atoms with E-state index in [9.17, 15) is 9.59 Å². The Morgan fingerprint density at radius 1 is 1.47 bits per heavy atom. The molecule has 0 saturated heterocycles. The molecule has 1 heterocycles. The van der Waals surface area contributed by atoms with E-state index in [0.717, 1.165) is 0 Å². The van der Waals surface area contributed by atoms with Crippen LogP contribution in [-0.2, 0) is 9.53 Å². The van der Waals surface area contributed by atoms with Crippen LogP contribution < -0.4 is 4.90 Å². The highest BCUT2D eigenvalue weighted by Crippen LogP contribution is 2.16. The molecule has 0 unspecified atom stereocenters. The lowest BCUT2D eigenvalue weighted by atomic mass is 10.2. The second kappa shape index (κ2) is 4.54. The monoisotopic (exact) mass is 208 g/mol. The maximum Gasteiger partial charge on any atom is 0.341 e. The first-order chi connectivity index (χ1) is 7.07. The minimum absolute atomic E-state index is 0.196. The van der Waals surface area contributed by atoms with E-state index in [4.69, 9.17) is 0 Å². The molecule has 5 nitrogen and oxygen atoms in total. The van der Waals surface area contributed by atoms with Gasteiger partial charge in [-0.25, -0.2) is 9.78 Å². The molecule has 1 aromatic heterocycles. The molecule has 1 aromatic rings. The van der Waals surface area contributed by atoms with Gasteiger partial charge in [-0.2, -0.15) is 0 Å². The highest BCUT2D eigenvalue weighted by Gasteiger charge is 2.17. The molecular formula is C10H12N2O3. The summed E-state index contributed by atoms with van der Waals surface area (Å²) < 4.78 is 4.59. The molecule has 0 radical (unpaired) electrons. The highest BCUT2D eigenvalue weighted by molar-refractivity contribution is 6.00. The van der Waals surface area contributed by atoms with Crippen LogP contribution in [0.5, 0.6) is 0 Å². The fraction of sp³-hybridized carbons (Fsp3) is 0.300. The van der Waals surface area contributed by atoms with Crippen molar-refractivity contribution in [3.05, 3.63) is 23.9 Å². The largest absolute Gasteiger partial charge is 0.465 e. The first-order valence-electron chi connectivity index (χ1n) is 4.35. The summed E-state index contributed by atoms with van der Waals surface area (Å²) in [5.74, 6) is -0.401. The Morgan fingerprint density at radius 3 is 2.67 bits per heavy atom. The first-order valence-corrected chi connectivity index (χ1v) is 4.35. The van der Waals surface area contributed by atoms with Crippen molar-refractivity contribution in [2.24, 2.45) is 0 Å². The van der Waals surface area contributed by atoms with Crippen molar-refractivity contribution in [2.75, 3.05) is 19.1 Å². The molecule has 0 fully saturated rings. The zero-order valence-corrected chi connectivity index (χ0v) is 8.85. The van der Waals surface area contributed by atoms with Crippen molar-refractivity contribution in [3.8, 4) is 0 Å². The zero-order chi connectivity index (χ0) is 11.4. The Morgan fingerprint density at radius 2 is 2.13 bits per heavy atom. The van der Waals surface area contributed by atoms with Crippen LogP contribution in [0.2, 0.25) is 0 Å². The van der Waals surface area contributed by atoms with Gasteiger partial charge in [0.1, 0.15) is 11.4 Å². The van der Waals surface area contributed by atoms with Crippen LogP contribution in [-0.4, -0.2) is 31.0 Å². The number of hydrogen-bond acceptors (Lipinski definition) is 4. The average molecular weight is 208 g/mol. The number of methoxy groups -OCH3 is 1. The van der Waals surface area contributed by atoms with Crippen LogP contribution in [0.25, 0.3) is 0 Å². The van der Waals surface area contributed by atoms with Crippen LogP contribution in [0.3, 0.4) is 0 Å². The second-order valence-corrected chi connectivity index (χ2v) is 2.94. The maximum absolute atomic E-state index is 11.4. The molecule has 1 rings (SSSR count). The molecule has 0 atom stereocenters. The molecule has 0 aliphatic rings. The lowest BCUT2D eigenvalue weighted by Gasteiger charge is -2.16. The number of carbonyl (C=O) groups is 2. The van der Waals surface area contributed by atoms with Crippen LogP contribution in [0.1, 0.15) is 17.3 Å². The number of esters is 1. The molecule has 0 aromatic carbocycles. The normalized spacial score (nSPS) is 9.53. The van der Waals surface area contributed by atoms with E-state index in [1.54, 1.807) is 19.2 Å². The van der Waals surface area contributed by atoms with Crippen LogP contribution >= 0.6 is 0 Å². The highest BCUT2D eigenvalue weighted by atomic mass is 16.5. The van der Waals surface area contributed by atoms with Crippen molar-refractivity contribution in [2.45, 2.75) is 6.92 Å². The van der Waals surface area contributed by atoms with E-state index < -0.39 is 5.97 Å². The molecule has 15 heavy (non-hydrogen) atoms. The fourth-order valence-electron chi connectivity index (χ4n) is 1.08. The van der Waals surface area contributed by atoms with Gasteiger partial charge in [0.15, 0.2) is 0 Å². The summed E-state index contributed by atoms with van der Waals surface area (Å²) in [5.41, 5.74) is 0.276. The lowest BCUT2D eigenvalue weighted by molar-refractivity contribution is -0.116. The summed E-state index contributed by atoms with van der Waals surface area (Å²) in [4.78, 5) is 27.8. The van der Waals surface area contributed by atoms with Gasteiger partial charge in [-0.3, -0.25) is 9.69 Å². The average Bonchev–Trinajstić information content (AvgIpc) is 2.27. The third-order valence-corrected chi connectivity index (χ3v) is 1.98. The summed E-state index contributed by atoms with van der Waals surface area (Å²) in [6, 6.07) is 3.18. The summed E-state index contributed by atoms with van der Waals surface area (Å²) >= 11 is 0. The van der Waals surface area contributed by atoms with Gasteiger partial charge in [-0.15, -0.1) is 0 Å². The molecule has 1 amide bonds. The van der Waals surface area contributed by atoms with Crippen LogP contribution in [0.4, 0.5) is 5.82 Å². The van der Waals surface area contributed by atoms with Gasteiger partial charge in [0.2, 0.25) is 5.91 Å². The van der Waals surface area contributed by atoms with Gasteiger partial charge >= 0.3 is 5.97 Å². The zero-order valence-electron chi connectivity index (χ0n) is 8.85. The van der Waals surface area contributed by atoms with Gasteiger partial charge in [0.05, 0.1) is 7.11 Å². The summed E-state index contributed by atoms with van der Waals surface area (Å²) in [6.45, 7) is 1.40. The third-order valence-electron chi connectivity index (χ3n) is 1.98. The number of carbonyl (C=O) groups excluding carboxylic acids is 2. The standard InChI is InChI=1S/C10H12N2O3/c1-7(13)12(2)9-8(10(14)15-3)5-4-6-11-9/h4-6H,1-3H3. The molecule has 0 spiro atoms. The smallest absolute Gasteiger partial charge is 0.341 e. The molecule has 5 heteroatoms. The van der Waals surface area contributed by atoms with Crippen molar-refractivity contribution in [1.82, 2.24) is 4.98 Å². The van der Waals surface area contributed by atoms with E-state index in [2.05, 4.69) is 9.72 Å². The van der Waals surface area contributed by atoms with E-state index in [1.165, 1.54) is 25.1 Å². The summed E-state index contributed by atoms with van der Waals surface area (Å²) in [7, 11) is 2.84. The Kier molecular flexibility index (Phi) is 3.38. The van der Waals surface area contributed by atoms with Crippen LogP contribution in [0, 0.1) is 0 Å². The summed E-state index contributed by atoms with van der Waals surface area (Å²) in [5, 5.41) is 0. The maximum atomic E-state index is 11.4.